The monoisotopic (exact) mass is 480 g/mol. The molecule has 0 fully saturated rings. The van der Waals surface area contributed by atoms with E-state index in [4.69, 9.17) is 4.74 Å². The molecule has 0 aliphatic heterocycles. The summed E-state index contributed by atoms with van der Waals surface area (Å²) in [7, 11) is -1.27. The number of benzene rings is 4. The van der Waals surface area contributed by atoms with Crippen molar-refractivity contribution >= 4 is 38.5 Å². The molecule has 0 heterocycles. The van der Waals surface area contributed by atoms with Gasteiger partial charge in [0.1, 0.15) is 11.5 Å². The van der Waals surface area contributed by atoms with Crippen LogP contribution in [0, 0.1) is 0 Å². The van der Waals surface area contributed by atoms with E-state index >= 15 is 0 Å². The average Bonchev–Trinajstić information content (AvgIpc) is 2.77. The van der Waals surface area contributed by atoms with Gasteiger partial charge in [0, 0.05) is 19.2 Å². The van der Waals surface area contributed by atoms with E-state index in [-0.39, 0.29) is 0 Å². The summed E-state index contributed by atoms with van der Waals surface area (Å²) in [5.41, 5.74) is 0. The van der Waals surface area contributed by atoms with Crippen molar-refractivity contribution in [2.24, 2.45) is 0 Å². The summed E-state index contributed by atoms with van der Waals surface area (Å²) < 4.78 is 20.1. The lowest BCUT2D eigenvalue weighted by Crippen LogP contribution is -1.95. The second kappa shape index (κ2) is 9.44. The van der Waals surface area contributed by atoms with Gasteiger partial charge in [-0.3, -0.25) is 0 Å². The van der Waals surface area contributed by atoms with Crippen molar-refractivity contribution in [3.8, 4) is 11.5 Å². The normalized spacial score (nSPS) is 11.8. The number of ether oxygens (including phenoxy) is 1. The van der Waals surface area contributed by atoms with Crippen molar-refractivity contribution < 1.29 is 8.95 Å². The topological polar surface area (TPSA) is 26.3 Å². The standard InChI is InChI=1S/C24H17BrO2S2/c25-18-10-12-19(13-11-18)27-20-14-16-22(17-15-20)29(26)24-9-5-4-8-23(24)28-21-6-2-1-3-7-21/h1-17H. The molecular formula is C24H17BrO2S2. The van der Waals surface area contributed by atoms with Crippen molar-refractivity contribution in [2.75, 3.05) is 0 Å². The molecule has 0 amide bonds. The highest BCUT2D eigenvalue weighted by Crippen LogP contribution is 2.34. The van der Waals surface area contributed by atoms with Gasteiger partial charge in [-0.2, -0.15) is 0 Å². The summed E-state index contributed by atoms with van der Waals surface area (Å²) in [6.45, 7) is 0. The van der Waals surface area contributed by atoms with Crippen molar-refractivity contribution in [3.05, 3.63) is 108 Å². The van der Waals surface area contributed by atoms with E-state index in [1.165, 1.54) is 0 Å². The Hall–Kier alpha value is -2.34. The Balaban J connectivity index is 1.53. The molecule has 4 aromatic carbocycles. The van der Waals surface area contributed by atoms with Crippen LogP contribution in [0.15, 0.2) is 127 Å². The Morgan fingerprint density at radius 3 is 1.97 bits per heavy atom. The van der Waals surface area contributed by atoms with Crippen molar-refractivity contribution in [1.29, 1.82) is 0 Å². The van der Waals surface area contributed by atoms with Gasteiger partial charge in [-0.1, -0.05) is 58.0 Å². The van der Waals surface area contributed by atoms with Crippen LogP contribution in [0.3, 0.4) is 0 Å². The summed E-state index contributed by atoms with van der Waals surface area (Å²) >= 11 is 5.04. The van der Waals surface area contributed by atoms with Gasteiger partial charge in [-0.25, -0.2) is 4.21 Å². The Morgan fingerprint density at radius 1 is 0.690 bits per heavy atom. The highest BCUT2D eigenvalue weighted by atomic mass is 79.9. The van der Waals surface area contributed by atoms with Crippen LogP contribution in [0.2, 0.25) is 0 Å². The second-order valence-electron chi connectivity index (χ2n) is 6.16. The van der Waals surface area contributed by atoms with E-state index in [0.29, 0.717) is 5.75 Å². The van der Waals surface area contributed by atoms with Gasteiger partial charge in [0.15, 0.2) is 0 Å². The quantitative estimate of drug-likeness (QED) is 0.284. The zero-order valence-corrected chi connectivity index (χ0v) is 18.5. The van der Waals surface area contributed by atoms with Gasteiger partial charge >= 0.3 is 0 Å². The highest BCUT2D eigenvalue weighted by molar-refractivity contribution is 9.10. The van der Waals surface area contributed by atoms with Crippen LogP contribution in [0.1, 0.15) is 0 Å². The van der Waals surface area contributed by atoms with Crippen LogP contribution in [0.4, 0.5) is 0 Å². The Labute approximate surface area is 185 Å². The lowest BCUT2D eigenvalue weighted by Gasteiger charge is -2.10. The predicted octanol–water partition coefficient (Wildman–Crippen LogP) is 7.56. The molecule has 4 rings (SSSR count). The minimum Gasteiger partial charge on any atom is -0.457 e. The predicted molar refractivity (Wildman–Crippen MR) is 122 cm³/mol. The van der Waals surface area contributed by atoms with Crippen LogP contribution < -0.4 is 4.74 Å². The first-order valence-electron chi connectivity index (χ1n) is 8.96. The zero-order chi connectivity index (χ0) is 20.1. The molecule has 1 atom stereocenters. The molecule has 0 aromatic heterocycles. The molecule has 29 heavy (non-hydrogen) atoms. The Morgan fingerprint density at radius 2 is 1.28 bits per heavy atom. The maximum atomic E-state index is 13.2. The van der Waals surface area contributed by atoms with Crippen molar-refractivity contribution in [1.82, 2.24) is 0 Å². The first-order chi connectivity index (χ1) is 14.2. The smallest absolute Gasteiger partial charge is 0.127 e. The maximum absolute atomic E-state index is 13.2. The van der Waals surface area contributed by atoms with Crippen LogP contribution in [-0.2, 0) is 10.8 Å². The molecule has 4 aromatic rings. The minimum absolute atomic E-state index is 0.708. The summed E-state index contributed by atoms with van der Waals surface area (Å²) in [5, 5.41) is 0. The number of hydrogen-bond donors (Lipinski definition) is 0. The zero-order valence-electron chi connectivity index (χ0n) is 15.3. The highest BCUT2D eigenvalue weighted by Gasteiger charge is 2.13. The van der Waals surface area contributed by atoms with Crippen LogP contribution in [0.5, 0.6) is 11.5 Å². The van der Waals surface area contributed by atoms with E-state index in [0.717, 1.165) is 29.8 Å². The van der Waals surface area contributed by atoms with E-state index in [2.05, 4.69) is 28.1 Å². The first-order valence-corrected chi connectivity index (χ1v) is 11.7. The average molecular weight is 481 g/mol. The van der Waals surface area contributed by atoms with Gasteiger partial charge in [0.25, 0.3) is 0 Å². The molecule has 0 spiro atoms. The van der Waals surface area contributed by atoms with Crippen molar-refractivity contribution in [3.63, 3.8) is 0 Å². The van der Waals surface area contributed by atoms with Crippen LogP contribution in [0.25, 0.3) is 0 Å². The molecule has 144 valence electrons. The van der Waals surface area contributed by atoms with Crippen LogP contribution in [-0.4, -0.2) is 4.21 Å². The molecule has 1 unspecified atom stereocenters. The van der Waals surface area contributed by atoms with E-state index < -0.39 is 10.8 Å². The molecule has 2 nitrogen and oxygen atoms in total. The first kappa shape index (κ1) is 20.0. The lowest BCUT2D eigenvalue weighted by atomic mass is 10.3. The molecule has 0 N–H and O–H groups in total. The molecule has 0 aliphatic rings. The number of halogens is 1. The number of rotatable bonds is 6. The third kappa shape index (κ3) is 5.18. The van der Waals surface area contributed by atoms with Crippen molar-refractivity contribution in [2.45, 2.75) is 19.6 Å². The van der Waals surface area contributed by atoms with E-state index in [1.807, 2.05) is 91.0 Å². The maximum Gasteiger partial charge on any atom is 0.127 e. The molecule has 0 saturated heterocycles. The third-order valence-corrected chi connectivity index (χ3v) is 7.30. The summed E-state index contributed by atoms with van der Waals surface area (Å²) in [6, 6.07) is 33.0. The Bertz CT molecular complexity index is 1110. The number of hydrogen-bond acceptors (Lipinski definition) is 3. The minimum atomic E-state index is -1.27. The van der Waals surface area contributed by atoms with Gasteiger partial charge in [0.05, 0.1) is 15.7 Å². The third-order valence-electron chi connectivity index (χ3n) is 4.11. The fourth-order valence-electron chi connectivity index (χ4n) is 2.70. The largest absolute Gasteiger partial charge is 0.457 e. The van der Waals surface area contributed by atoms with Gasteiger partial charge in [-0.05, 0) is 72.8 Å². The summed E-state index contributed by atoms with van der Waals surface area (Å²) in [5.74, 6) is 1.46. The molecule has 0 aliphatic carbocycles. The molecule has 0 saturated carbocycles. The van der Waals surface area contributed by atoms with E-state index in [1.54, 1.807) is 11.8 Å². The van der Waals surface area contributed by atoms with Crippen LogP contribution >= 0.6 is 27.7 Å². The fourth-order valence-corrected chi connectivity index (χ4v) is 5.27. The summed E-state index contributed by atoms with van der Waals surface area (Å²) in [6.07, 6.45) is 0. The molecular weight excluding hydrogens is 464 g/mol. The molecule has 0 radical (unpaired) electrons. The van der Waals surface area contributed by atoms with Gasteiger partial charge in [-0.15, -0.1) is 0 Å². The fraction of sp³-hybridized carbons (Fsp3) is 0. The molecule has 0 bridgehead atoms. The second-order valence-corrected chi connectivity index (χ2v) is 9.64. The molecule has 5 heteroatoms. The van der Waals surface area contributed by atoms with Gasteiger partial charge in [0.2, 0.25) is 0 Å². The summed E-state index contributed by atoms with van der Waals surface area (Å²) in [4.78, 5) is 3.67. The SMILES string of the molecule is O=S(c1ccc(Oc2ccc(Br)cc2)cc1)c1ccccc1Sc1ccccc1. The van der Waals surface area contributed by atoms with Gasteiger partial charge < -0.3 is 4.74 Å². The Kier molecular flexibility index (Phi) is 6.49. The van der Waals surface area contributed by atoms with E-state index in [9.17, 15) is 4.21 Å². The lowest BCUT2D eigenvalue weighted by molar-refractivity contribution is 0.482.